The fourth-order valence-corrected chi connectivity index (χ4v) is 2.79. The maximum Gasteiger partial charge on any atom is 0.243 e. The highest BCUT2D eigenvalue weighted by molar-refractivity contribution is 5.80. The van der Waals surface area contributed by atoms with Gasteiger partial charge in [-0.3, -0.25) is 25.6 Å². The highest BCUT2D eigenvalue weighted by Crippen LogP contribution is 2.31. The molecule has 1 unspecified atom stereocenters. The molecule has 7 nitrogen and oxygen atoms in total. The minimum absolute atomic E-state index is 0.0502. The highest BCUT2D eigenvalue weighted by Gasteiger charge is 2.29. The first-order chi connectivity index (χ1) is 11.3. The maximum atomic E-state index is 12.5. The summed E-state index contributed by atoms with van der Waals surface area (Å²) in [6, 6.07) is 3.66. The number of carbonyl (C=O) groups is 2. The first kappa shape index (κ1) is 19.9. The van der Waals surface area contributed by atoms with Crippen LogP contribution >= 0.6 is 0 Å². The molecule has 0 aromatic carbocycles. The predicted molar refractivity (Wildman–Crippen MR) is 92.1 cm³/mol. The van der Waals surface area contributed by atoms with Crippen molar-refractivity contribution in [1.29, 1.82) is 0 Å². The zero-order valence-corrected chi connectivity index (χ0v) is 14.9. The van der Waals surface area contributed by atoms with E-state index < -0.39 is 5.92 Å². The number of hydroxylamine groups is 2. The summed E-state index contributed by atoms with van der Waals surface area (Å²) in [7, 11) is 0. The number of aromatic nitrogens is 1. The van der Waals surface area contributed by atoms with Gasteiger partial charge in [0.2, 0.25) is 12.3 Å². The first-order valence-electron chi connectivity index (χ1n) is 8.16. The summed E-state index contributed by atoms with van der Waals surface area (Å²) in [5, 5.41) is 9.99. The molecule has 2 amide bonds. The zero-order chi connectivity index (χ0) is 18.2. The second-order valence-corrected chi connectivity index (χ2v) is 6.88. The molecular formula is C17H28N4O3. The molecule has 1 aromatic heterocycles. The van der Waals surface area contributed by atoms with Crippen LogP contribution in [0, 0.1) is 18.3 Å². The van der Waals surface area contributed by atoms with Crippen molar-refractivity contribution in [2.45, 2.75) is 47.0 Å². The monoisotopic (exact) mass is 336 g/mol. The number of anilines is 1. The molecule has 0 saturated heterocycles. The Morgan fingerprint density at radius 1 is 1.50 bits per heavy atom. The molecule has 0 bridgehead atoms. The largest absolute Gasteiger partial charge is 0.286 e. The molecular weight excluding hydrogens is 308 g/mol. The molecule has 1 rings (SSSR count). The van der Waals surface area contributed by atoms with Crippen molar-refractivity contribution < 1.29 is 14.8 Å². The average molecular weight is 336 g/mol. The van der Waals surface area contributed by atoms with Gasteiger partial charge in [-0.2, -0.15) is 0 Å². The van der Waals surface area contributed by atoms with Gasteiger partial charge < -0.3 is 0 Å². The minimum Gasteiger partial charge on any atom is -0.286 e. The van der Waals surface area contributed by atoms with Crippen molar-refractivity contribution in [3.63, 3.8) is 0 Å². The Hall–Kier alpha value is -2.15. The molecule has 1 aromatic rings. The molecule has 0 aliphatic carbocycles. The number of hydrogen-bond acceptors (Lipinski definition) is 5. The Labute approximate surface area is 143 Å². The second kappa shape index (κ2) is 9.22. The van der Waals surface area contributed by atoms with Gasteiger partial charge >= 0.3 is 0 Å². The van der Waals surface area contributed by atoms with Crippen molar-refractivity contribution in [2.75, 3.05) is 12.0 Å². The fraction of sp³-hybridized carbons (Fsp3) is 0.588. The van der Waals surface area contributed by atoms with Crippen LogP contribution in [0.2, 0.25) is 0 Å². The molecule has 0 radical (unpaired) electrons. The van der Waals surface area contributed by atoms with Gasteiger partial charge in [-0.15, -0.1) is 0 Å². The van der Waals surface area contributed by atoms with E-state index in [0.717, 1.165) is 18.4 Å². The Bertz CT molecular complexity index is 548. The van der Waals surface area contributed by atoms with Gasteiger partial charge in [-0.05, 0) is 42.9 Å². The molecule has 0 fully saturated rings. The molecule has 0 aliphatic rings. The van der Waals surface area contributed by atoms with Crippen molar-refractivity contribution in [3.8, 4) is 0 Å². The van der Waals surface area contributed by atoms with Crippen LogP contribution in [-0.2, 0) is 9.59 Å². The van der Waals surface area contributed by atoms with Crippen LogP contribution in [0.4, 0.5) is 5.82 Å². The van der Waals surface area contributed by atoms with Crippen molar-refractivity contribution in [1.82, 2.24) is 15.5 Å². The Morgan fingerprint density at radius 3 is 2.79 bits per heavy atom. The van der Waals surface area contributed by atoms with Crippen LogP contribution in [0.5, 0.6) is 0 Å². The van der Waals surface area contributed by atoms with E-state index in [-0.39, 0.29) is 17.9 Å². The van der Waals surface area contributed by atoms with Gasteiger partial charge in [0.1, 0.15) is 5.82 Å². The number of hydrazine groups is 1. The van der Waals surface area contributed by atoms with E-state index in [0.29, 0.717) is 23.7 Å². The molecule has 24 heavy (non-hydrogen) atoms. The molecule has 1 heterocycles. The molecule has 0 saturated carbocycles. The van der Waals surface area contributed by atoms with Gasteiger partial charge in [0.05, 0.1) is 12.5 Å². The van der Waals surface area contributed by atoms with Crippen LogP contribution in [-0.4, -0.2) is 34.1 Å². The lowest BCUT2D eigenvalue weighted by molar-refractivity contribution is -0.155. The lowest BCUT2D eigenvalue weighted by atomic mass is 9.79. The molecule has 0 aliphatic heterocycles. The summed E-state index contributed by atoms with van der Waals surface area (Å²) in [4.78, 5) is 27.3. The van der Waals surface area contributed by atoms with Crippen LogP contribution in [0.15, 0.2) is 18.3 Å². The van der Waals surface area contributed by atoms with E-state index in [2.05, 4.69) is 36.6 Å². The third-order valence-electron chi connectivity index (χ3n) is 3.85. The van der Waals surface area contributed by atoms with Crippen molar-refractivity contribution in [3.05, 3.63) is 23.9 Å². The normalized spacial score (nSPS) is 12.4. The SMILES string of the molecule is CCCC(C)(C)CC(CN(O)C=O)C(=O)NNc1cc(C)ccn1. The number of nitrogens with one attached hydrogen (secondary N) is 2. The van der Waals surface area contributed by atoms with E-state index in [1.54, 1.807) is 12.3 Å². The summed E-state index contributed by atoms with van der Waals surface area (Å²) in [5.41, 5.74) is 6.34. The molecule has 3 N–H and O–H groups in total. The number of aryl methyl sites for hydroxylation is 1. The lowest BCUT2D eigenvalue weighted by Gasteiger charge is -2.30. The summed E-state index contributed by atoms with van der Waals surface area (Å²) < 4.78 is 0. The van der Waals surface area contributed by atoms with Crippen LogP contribution in [0.25, 0.3) is 0 Å². The summed E-state index contributed by atoms with van der Waals surface area (Å²) >= 11 is 0. The molecule has 1 atom stereocenters. The van der Waals surface area contributed by atoms with Crippen molar-refractivity contribution in [2.24, 2.45) is 11.3 Å². The number of hydrogen-bond donors (Lipinski definition) is 3. The third kappa shape index (κ3) is 6.95. The lowest BCUT2D eigenvalue weighted by Crippen LogP contribution is -2.42. The van der Waals surface area contributed by atoms with E-state index in [4.69, 9.17) is 0 Å². The van der Waals surface area contributed by atoms with Crippen LogP contribution in [0.3, 0.4) is 0 Å². The van der Waals surface area contributed by atoms with Crippen LogP contribution in [0.1, 0.15) is 45.6 Å². The van der Waals surface area contributed by atoms with Gasteiger partial charge in [0.25, 0.3) is 0 Å². The van der Waals surface area contributed by atoms with Crippen LogP contribution < -0.4 is 10.9 Å². The topological polar surface area (TPSA) is 94.6 Å². The number of nitrogens with zero attached hydrogens (tertiary/aromatic N) is 2. The molecule has 134 valence electrons. The standard InChI is InChI=1S/C17H28N4O3/c1-5-7-17(3,4)10-14(11-21(24)12-22)16(23)20-19-15-9-13(2)6-8-18-15/h6,8-9,12,14,24H,5,7,10-11H2,1-4H3,(H,18,19)(H,20,23). The predicted octanol–water partition coefficient (Wildman–Crippen LogP) is 2.51. The Balaban J connectivity index is 2.73. The second-order valence-electron chi connectivity index (χ2n) is 6.88. The molecule has 0 spiro atoms. The van der Waals surface area contributed by atoms with Crippen molar-refractivity contribution >= 4 is 18.1 Å². The molecule has 7 heteroatoms. The fourth-order valence-electron chi connectivity index (χ4n) is 2.79. The van der Waals surface area contributed by atoms with E-state index in [9.17, 15) is 14.8 Å². The third-order valence-corrected chi connectivity index (χ3v) is 3.85. The summed E-state index contributed by atoms with van der Waals surface area (Å²) in [5.74, 6) is -0.284. The van der Waals surface area contributed by atoms with E-state index in [1.807, 2.05) is 13.0 Å². The smallest absolute Gasteiger partial charge is 0.243 e. The number of carbonyl (C=O) groups excluding carboxylic acids is 2. The zero-order valence-electron chi connectivity index (χ0n) is 14.9. The minimum atomic E-state index is -0.529. The van der Waals surface area contributed by atoms with Gasteiger partial charge in [-0.25, -0.2) is 10.0 Å². The Morgan fingerprint density at radius 2 is 2.21 bits per heavy atom. The van der Waals surface area contributed by atoms with Gasteiger partial charge in [0, 0.05) is 6.20 Å². The van der Waals surface area contributed by atoms with Gasteiger partial charge in [-0.1, -0.05) is 27.2 Å². The quantitative estimate of drug-likeness (QED) is 0.347. The maximum absolute atomic E-state index is 12.5. The summed E-state index contributed by atoms with van der Waals surface area (Å²) in [6.07, 6.45) is 4.47. The Kier molecular flexibility index (Phi) is 7.64. The average Bonchev–Trinajstić information content (AvgIpc) is 2.51. The van der Waals surface area contributed by atoms with Gasteiger partial charge in [0.15, 0.2) is 0 Å². The highest BCUT2D eigenvalue weighted by atomic mass is 16.5. The summed E-state index contributed by atoms with van der Waals surface area (Å²) in [6.45, 7) is 8.12. The number of rotatable bonds is 10. The number of pyridine rings is 1. The van der Waals surface area contributed by atoms with E-state index >= 15 is 0 Å². The first-order valence-corrected chi connectivity index (χ1v) is 8.16. The number of amides is 2. The van der Waals surface area contributed by atoms with E-state index in [1.165, 1.54) is 0 Å².